The zero-order valence-electron chi connectivity index (χ0n) is 15.0. The highest BCUT2D eigenvalue weighted by Crippen LogP contribution is 2.42. The van der Waals surface area contributed by atoms with Gasteiger partial charge < -0.3 is 4.74 Å². The zero-order valence-corrected chi connectivity index (χ0v) is 14.0. The number of aromatic nitrogens is 6. The topological polar surface area (TPSA) is 87.7 Å². The van der Waals surface area contributed by atoms with Gasteiger partial charge >= 0.3 is 5.69 Å². The highest BCUT2D eigenvalue weighted by molar-refractivity contribution is 5.41. The molecule has 25 heavy (non-hydrogen) atoms. The molecule has 0 unspecified atom stereocenters. The standard InChI is InChI=1S/C17H18N6O2/c1-11-5-3-4-6-15(11)25-10-14-13(12-7-8-12)9-18-19-16(14)23-17(24)22(2)20-21-23/h3-6,9,12H,7-8,10H2,1-2H3/i3T. The van der Waals surface area contributed by atoms with Gasteiger partial charge in [0.2, 0.25) is 0 Å². The molecule has 0 saturated heterocycles. The van der Waals surface area contributed by atoms with Crippen LogP contribution in [0.25, 0.3) is 5.82 Å². The average Bonchev–Trinajstić information content (AvgIpc) is 3.41. The lowest BCUT2D eigenvalue weighted by atomic mass is 10.1. The van der Waals surface area contributed by atoms with Gasteiger partial charge in [0, 0.05) is 12.6 Å². The van der Waals surface area contributed by atoms with Crippen LogP contribution in [0, 0.1) is 6.92 Å². The highest BCUT2D eigenvalue weighted by Gasteiger charge is 2.29. The molecule has 0 N–H and O–H groups in total. The van der Waals surface area contributed by atoms with E-state index in [-0.39, 0.29) is 12.3 Å². The third-order valence-corrected chi connectivity index (χ3v) is 4.30. The second-order valence-electron chi connectivity index (χ2n) is 6.15. The van der Waals surface area contributed by atoms with Gasteiger partial charge in [-0.2, -0.15) is 9.78 Å². The monoisotopic (exact) mass is 340 g/mol. The summed E-state index contributed by atoms with van der Waals surface area (Å²) in [5, 5.41) is 15.8. The summed E-state index contributed by atoms with van der Waals surface area (Å²) in [6.07, 6.45) is 3.90. The lowest BCUT2D eigenvalue weighted by molar-refractivity contribution is 0.301. The van der Waals surface area contributed by atoms with E-state index >= 15 is 0 Å². The van der Waals surface area contributed by atoms with E-state index in [2.05, 4.69) is 20.6 Å². The van der Waals surface area contributed by atoms with Crippen LogP contribution in [0.2, 0.25) is 0 Å². The van der Waals surface area contributed by atoms with Crippen molar-refractivity contribution in [1.82, 2.24) is 30.0 Å². The van der Waals surface area contributed by atoms with E-state index < -0.39 is 0 Å². The molecule has 1 fully saturated rings. The number of nitrogens with zero attached hydrogens (tertiary/aromatic N) is 6. The van der Waals surface area contributed by atoms with E-state index in [0.29, 0.717) is 23.5 Å². The molecule has 0 atom stereocenters. The number of ether oxygens (including phenoxy) is 1. The summed E-state index contributed by atoms with van der Waals surface area (Å²) in [6.45, 7) is 2.13. The first-order chi connectivity index (χ1) is 12.5. The fourth-order valence-corrected chi connectivity index (χ4v) is 2.74. The Hall–Kier alpha value is -3.03. The first kappa shape index (κ1) is 14.3. The Labute approximate surface area is 145 Å². The molecule has 4 rings (SSSR count). The summed E-state index contributed by atoms with van der Waals surface area (Å²) in [6, 6.07) is 5.64. The first-order valence-corrected chi connectivity index (χ1v) is 8.08. The minimum Gasteiger partial charge on any atom is -0.488 e. The molecule has 8 nitrogen and oxygen atoms in total. The third kappa shape index (κ3) is 2.90. The summed E-state index contributed by atoms with van der Waals surface area (Å²) in [5.41, 5.74) is 2.32. The molecule has 0 aliphatic heterocycles. The Morgan fingerprint density at radius 2 is 2.20 bits per heavy atom. The van der Waals surface area contributed by atoms with Crippen molar-refractivity contribution in [2.45, 2.75) is 32.3 Å². The molecule has 0 amide bonds. The molecule has 3 aromatic rings. The molecular weight excluding hydrogens is 320 g/mol. The Kier molecular flexibility index (Phi) is 3.51. The maximum Gasteiger partial charge on any atom is 0.369 e. The lowest BCUT2D eigenvalue weighted by Gasteiger charge is -2.14. The SMILES string of the molecule is [3H]c1ccc(OCc2c(C3CC3)cnnc2-n2nnn(C)c2=O)c(C)c1. The van der Waals surface area contributed by atoms with E-state index in [9.17, 15) is 4.79 Å². The number of para-hydroxylation sites is 1. The molecular formula is C17H18N6O2. The summed E-state index contributed by atoms with van der Waals surface area (Å²) < 4.78 is 16.0. The summed E-state index contributed by atoms with van der Waals surface area (Å²) >= 11 is 0. The molecule has 8 heteroatoms. The Morgan fingerprint density at radius 3 is 2.88 bits per heavy atom. The zero-order chi connectivity index (χ0) is 18.3. The molecule has 1 aliphatic rings. The first-order valence-electron chi connectivity index (χ1n) is 8.58. The largest absolute Gasteiger partial charge is 0.488 e. The van der Waals surface area contributed by atoms with Crippen molar-refractivity contribution in [3.05, 3.63) is 57.6 Å². The fourth-order valence-electron chi connectivity index (χ4n) is 2.74. The number of aryl methyl sites for hydroxylation is 2. The van der Waals surface area contributed by atoms with Crippen LogP contribution in [0.4, 0.5) is 0 Å². The van der Waals surface area contributed by atoms with E-state index in [0.717, 1.165) is 38.9 Å². The maximum atomic E-state index is 12.3. The quantitative estimate of drug-likeness (QED) is 0.700. The third-order valence-electron chi connectivity index (χ3n) is 4.30. The highest BCUT2D eigenvalue weighted by atomic mass is 16.5. The molecule has 2 aromatic heterocycles. The van der Waals surface area contributed by atoms with Crippen LogP contribution in [0.5, 0.6) is 5.75 Å². The van der Waals surface area contributed by atoms with Gasteiger partial charge in [-0.25, -0.2) is 4.79 Å². The van der Waals surface area contributed by atoms with E-state index in [1.807, 2.05) is 6.92 Å². The van der Waals surface area contributed by atoms with Crippen LogP contribution < -0.4 is 10.4 Å². The molecule has 2 heterocycles. The second-order valence-corrected chi connectivity index (χ2v) is 6.15. The van der Waals surface area contributed by atoms with Crippen molar-refractivity contribution in [3.8, 4) is 11.6 Å². The number of benzene rings is 1. The molecule has 1 aromatic carbocycles. The maximum absolute atomic E-state index is 12.3. The van der Waals surface area contributed by atoms with E-state index in [1.165, 1.54) is 7.05 Å². The molecule has 0 radical (unpaired) electrons. The minimum atomic E-state index is -0.386. The normalized spacial score (nSPS) is 14.4. The van der Waals surface area contributed by atoms with Gasteiger partial charge in [0.25, 0.3) is 0 Å². The van der Waals surface area contributed by atoms with Crippen LogP contribution in [0.3, 0.4) is 0 Å². The molecule has 0 spiro atoms. The van der Waals surface area contributed by atoms with Gasteiger partial charge in [-0.05, 0) is 53.3 Å². The Balaban J connectivity index is 1.73. The predicted molar refractivity (Wildman–Crippen MR) is 89.7 cm³/mol. The fraction of sp³-hybridized carbons (Fsp3) is 0.353. The van der Waals surface area contributed by atoms with Crippen molar-refractivity contribution in [2.24, 2.45) is 7.05 Å². The lowest BCUT2D eigenvalue weighted by Crippen LogP contribution is -2.25. The summed E-state index contributed by atoms with van der Waals surface area (Å²) in [4.78, 5) is 12.3. The molecule has 0 bridgehead atoms. The molecule has 1 aliphatic carbocycles. The summed E-state index contributed by atoms with van der Waals surface area (Å²) in [7, 11) is 1.53. The van der Waals surface area contributed by atoms with Gasteiger partial charge in [-0.1, -0.05) is 18.2 Å². The Morgan fingerprint density at radius 1 is 1.36 bits per heavy atom. The second kappa shape index (κ2) is 6.12. The van der Waals surface area contributed by atoms with Gasteiger partial charge in [0.1, 0.15) is 12.4 Å². The van der Waals surface area contributed by atoms with Crippen molar-refractivity contribution in [3.63, 3.8) is 0 Å². The van der Waals surface area contributed by atoms with Crippen LogP contribution in [0.1, 0.15) is 36.8 Å². The number of hydrogen-bond acceptors (Lipinski definition) is 6. The van der Waals surface area contributed by atoms with Crippen molar-refractivity contribution in [1.29, 1.82) is 0 Å². The van der Waals surface area contributed by atoms with E-state index in [1.54, 1.807) is 24.4 Å². The van der Waals surface area contributed by atoms with Gasteiger partial charge in [0.15, 0.2) is 5.82 Å². The van der Waals surface area contributed by atoms with Crippen molar-refractivity contribution in [2.75, 3.05) is 0 Å². The van der Waals surface area contributed by atoms with Gasteiger partial charge in [-0.3, -0.25) is 0 Å². The van der Waals surface area contributed by atoms with Gasteiger partial charge in [0.05, 0.1) is 7.57 Å². The average molecular weight is 340 g/mol. The molecule has 128 valence electrons. The Bertz CT molecular complexity index is 1020. The van der Waals surface area contributed by atoms with Crippen LogP contribution in [0.15, 0.2) is 35.2 Å². The van der Waals surface area contributed by atoms with Crippen LogP contribution in [-0.4, -0.2) is 30.0 Å². The van der Waals surface area contributed by atoms with Crippen LogP contribution in [-0.2, 0) is 13.7 Å². The number of tetrazole rings is 1. The van der Waals surface area contributed by atoms with Crippen molar-refractivity contribution < 1.29 is 6.11 Å². The van der Waals surface area contributed by atoms with Gasteiger partial charge in [-0.15, -0.1) is 9.78 Å². The minimum absolute atomic E-state index is 0.234. The van der Waals surface area contributed by atoms with Crippen molar-refractivity contribution >= 4 is 0 Å². The summed E-state index contributed by atoms with van der Waals surface area (Å²) in [5.74, 6) is 1.45. The predicted octanol–water partition coefficient (Wildman–Crippen LogP) is 1.52. The molecule has 1 saturated carbocycles. The van der Waals surface area contributed by atoms with E-state index in [4.69, 9.17) is 6.11 Å². The number of rotatable bonds is 5. The van der Waals surface area contributed by atoms with Crippen LogP contribution >= 0.6 is 0 Å². The smallest absolute Gasteiger partial charge is 0.369 e. The number of hydrogen-bond donors (Lipinski definition) is 0.